The number of carbonyl (C=O) groups is 1. The molecule has 2 atom stereocenters. The number of hydrogen-bond donors (Lipinski definition) is 2. The van der Waals surface area contributed by atoms with Crippen molar-refractivity contribution in [3.8, 4) is 0 Å². The van der Waals surface area contributed by atoms with Gasteiger partial charge in [0.1, 0.15) is 6.29 Å². The number of nitrogens with one attached hydrogen (secondary N) is 2. The molecule has 1 saturated heterocycles. The SMILES string of the molecule is O=CC1CC(c2ccc(Cl)cc2Cl)NN1. The maximum atomic E-state index is 10.6. The summed E-state index contributed by atoms with van der Waals surface area (Å²) in [5.74, 6) is 0. The number of rotatable bonds is 2. The van der Waals surface area contributed by atoms with Crippen LogP contribution in [0.25, 0.3) is 0 Å². The average Bonchev–Trinajstić information content (AvgIpc) is 2.66. The van der Waals surface area contributed by atoms with Gasteiger partial charge in [0.25, 0.3) is 0 Å². The van der Waals surface area contributed by atoms with Crippen molar-refractivity contribution in [1.82, 2.24) is 10.9 Å². The molecule has 1 aliphatic rings. The van der Waals surface area contributed by atoms with Crippen molar-refractivity contribution in [3.63, 3.8) is 0 Å². The lowest BCUT2D eigenvalue weighted by Gasteiger charge is -2.11. The first kappa shape index (κ1) is 10.9. The van der Waals surface area contributed by atoms with Crippen LogP contribution in [-0.2, 0) is 4.79 Å². The summed E-state index contributed by atoms with van der Waals surface area (Å²) in [5.41, 5.74) is 6.87. The van der Waals surface area contributed by atoms with Crippen molar-refractivity contribution < 1.29 is 4.79 Å². The fourth-order valence-corrected chi connectivity index (χ4v) is 2.20. The van der Waals surface area contributed by atoms with Crippen molar-refractivity contribution in [2.24, 2.45) is 0 Å². The summed E-state index contributed by atoms with van der Waals surface area (Å²) in [7, 11) is 0. The van der Waals surface area contributed by atoms with E-state index < -0.39 is 0 Å². The van der Waals surface area contributed by atoms with E-state index in [0.717, 1.165) is 11.8 Å². The van der Waals surface area contributed by atoms with Gasteiger partial charge < -0.3 is 4.79 Å². The van der Waals surface area contributed by atoms with E-state index in [1.165, 1.54) is 0 Å². The van der Waals surface area contributed by atoms with Gasteiger partial charge in [0.15, 0.2) is 0 Å². The minimum atomic E-state index is -0.151. The third-order valence-electron chi connectivity index (χ3n) is 2.43. The van der Waals surface area contributed by atoms with Crippen molar-refractivity contribution >= 4 is 29.5 Å². The van der Waals surface area contributed by atoms with E-state index in [2.05, 4.69) is 10.9 Å². The van der Waals surface area contributed by atoms with Crippen LogP contribution in [0.15, 0.2) is 18.2 Å². The van der Waals surface area contributed by atoms with Crippen molar-refractivity contribution in [3.05, 3.63) is 33.8 Å². The molecule has 1 heterocycles. The molecule has 2 N–H and O–H groups in total. The van der Waals surface area contributed by atoms with E-state index in [4.69, 9.17) is 23.2 Å². The van der Waals surface area contributed by atoms with E-state index in [0.29, 0.717) is 16.5 Å². The summed E-state index contributed by atoms with van der Waals surface area (Å²) in [6, 6.07) is 5.27. The molecule has 3 nitrogen and oxygen atoms in total. The van der Waals surface area contributed by atoms with Gasteiger partial charge in [-0.3, -0.25) is 0 Å². The van der Waals surface area contributed by atoms with E-state index >= 15 is 0 Å². The Labute approximate surface area is 97.7 Å². The van der Waals surface area contributed by atoms with Gasteiger partial charge in [-0.1, -0.05) is 29.3 Å². The highest BCUT2D eigenvalue weighted by molar-refractivity contribution is 6.35. The number of hydrogen-bond acceptors (Lipinski definition) is 3. The molecule has 1 fully saturated rings. The maximum absolute atomic E-state index is 10.6. The predicted octanol–water partition coefficient (Wildman–Crippen LogP) is 2.10. The van der Waals surface area contributed by atoms with E-state index in [9.17, 15) is 4.79 Å². The van der Waals surface area contributed by atoms with Crippen LogP contribution < -0.4 is 10.9 Å². The van der Waals surface area contributed by atoms with Gasteiger partial charge in [-0.25, -0.2) is 10.9 Å². The van der Waals surface area contributed by atoms with Gasteiger partial charge in [-0.15, -0.1) is 0 Å². The fraction of sp³-hybridized carbons (Fsp3) is 0.300. The van der Waals surface area contributed by atoms with E-state index in [1.807, 2.05) is 6.07 Å². The summed E-state index contributed by atoms with van der Waals surface area (Å²) in [4.78, 5) is 10.6. The normalized spacial score (nSPS) is 25.5. The Morgan fingerprint density at radius 1 is 1.33 bits per heavy atom. The Kier molecular flexibility index (Phi) is 3.26. The van der Waals surface area contributed by atoms with Crippen LogP contribution in [0.2, 0.25) is 10.0 Å². The smallest absolute Gasteiger partial charge is 0.138 e. The molecule has 0 saturated carbocycles. The van der Waals surface area contributed by atoms with Gasteiger partial charge in [-0.05, 0) is 24.1 Å². The first-order valence-corrected chi connectivity index (χ1v) is 5.37. The quantitative estimate of drug-likeness (QED) is 0.784. The summed E-state index contributed by atoms with van der Waals surface area (Å²) in [6.07, 6.45) is 1.58. The zero-order valence-electron chi connectivity index (χ0n) is 7.84. The molecule has 1 aromatic carbocycles. The molecule has 5 heteroatoms. The van der Waals surface area contributed by atoms with E-state index in [-0.39, 0.29) is 12.1 Å². The molecular weight excluding hydrogens is 235 g/mol. The zero-order chi connectivity index (χ0) is 10.8. The minimum Gasteiger partial charge on any atom is -0.302 e. The first-order chi connectivity index (χ1) is 7.20. The van der Waals surface area contributed by atoms with Crippen LogP contribution >= 0.6 is 23.2 Å². The van der Waals surface area contributed by atoms with Gasteiger partial charge in [0.05, 0.1) is 6.04 Å². The van der Waals surface area contributed by atoms with Gasteiger partial charge >= 0.3 is 0 Å². The lowest BCUT2D eigenvalue weighted by Crippen LogP contribution is -2.31. The van der Waals surface area contributed by atoms with Gasteiger partial charge in [0.2, 0.25) is 0 Å². The molecule has 0 amide bonds. The Bertz CT molecular complexity index is 384. The highest BCUT2D eigenvalue weighted by Crippen LogP contribution is 2.30. The molecular formula is C10H10Cl2N2O. The fourth-order valence-electron chi connectivity index (χ4n) is 1.66. The Hall–Kier alpha value is -0.610. The highest BCUT2D eigenvalue weighted by Gasteiger charge is 2.25. The third-order valence-corrected chi connectivity index (χ3v) is 3.00. The molecule has 0 aliphatic carbocycles. The standard InChI is InChI=1S/C10H10Cl2N2O/c11-6-1-2-8(9(12)3-6)10-4-7(5-15)13-14-10/h1-3,5,7,10,13-14H,4H2. The molecule has 0 bridgehead atoms. The Morgan fingerprint density at radius 2 is 2.13 bits per heavy atom. The van der Waals surface area contributed by atoms with Gasteiger partial charge in [0, 0.05) is 16.1 Å². The molecule has 0 radical (unpaired) electrons. The topological polar surface area (TPSA) is 41.1 Å². The first-order valence-electron chi connectivity index (χ1n) is 4.62. The lowest BCUT2D eigenvalue weighted by molar-refractivity contribution is -0.109. The molecule has 0 spiro atoms. The highest BCUT2D eigenvalue weighted by atomic mass is 35.5. The molecule has 0 aromatic heterocycles. The summed E-state index contributed by atoms with van der Waals surface area (Å²) < 4.78 is 0. The summed E-state index contributed by atoms with van der Waals surface area (Å²) in [5, 5.41) is 1.23. The van der Waals surface area contributed by atoms with Crippen molar-refractivity contribution in [2.75, 3.05) is 0 Å². The van der Waals surface area contributed by atoms with Gasteiger partial charge in [-0.2, -0.15) is 0 Å². The second kappa shape index (κ2) is 4.49. The Morgan fingerprint density at radius 3 is 2.73 bits per heavy atom. The molecule has 2 unspecified atom stereocenters. The zero-order valence-corrected chi connectivity index (χ0v) is 9.35. The molecule has 1 aromatic rings. The van der Waals surface area contributed by atoms with Crippen LogP contribution in [0.5, 0.6) is 0 Å². The van der Waals surface area contributed by atoms with Crippen LogP contribution in [0.1, 0.15) is 18.0 Å². The second-order valence-corrected chi connectivity index (χ2v) is 4.33. The Balaban J connectivity index is 2.20. The predicted molar refractivity (Wildman–Crippen MR) is 59.9 cm³/mol. The number of benzene rings is 1. The number of aldehydes is 1. The molecule has 1 aliphatic heterocycles. The number of carbonyl (C=O) groups excluding carboxylic acids is 1. The summed E-state index contributed by atoms with van der Waals surface area (Å²) in [6.45, 7) is 0. The minimum absolute atomic E-state index is 0.0602. The molecule has 80 valence electrons. The van der Waals surface area contributed by atoms with E-state index in [1.54, 1.807) is 12.1 Å². The maximum Gasteiger partial charge on any atom is 0.138 e. The second-order valence-electron chi connectivity index (χ2n) is 3.49. The average molecular weight is 245 g/mol. The van der Waals surface area contributed by atoms with Crippen LogP contribution in [0.3, 0.4) is 0 Å². The largest absolute Gasteiger partial charge is 0.302 e. The monoisotopic (exact) mass is 244 g/mol. The van der Waals surface area contributed by atoms with Crippen LogP contribution in [0.4, 0.5) is 0 Å². The van der Waals surface area contributed by atoms with Crippen LogP contribution in [-0.4, -0.2) is 12.3 Å². The third kappa shape index (κ3) is 2.32. The van der Waals surface area contributed by atoms with Crippen molar-refractivity contribution in [2.45, 2.75) is 18.5 Å². The summed E-state index contributed by atoms with van der Waals surface area (Å²) >= 11 is 11.9. The molecule has 2 rings (SSSR count). The molecule has 15 heavy (non-hydrogen) atoms. The van der Waals surface area contributed by atoms with Crippen LogP contribution in [0, 0.1) is 0 Å². The number of hydrazine groups is 1. The van der Waals surface area contributed by atoms with Crippen molar-refractivity contribution in [1.29, 1.82) is 0 Å². The lowest BCUT2D eigenvalue weighted by atomic mass is 10.0. The number of halogens is 2.